The number of hydrogen-bond donors (Lipinski definition) is 1. The first-order valence-electron chi connectivity index (χ1n) is 7.80. The summed E-state index contributed by atoms with van der Waals surface area (Å²) in [5.41, 5.74) is 1.96. The Hall–Kier alpha value is -2.69. The van der Waals surface area contributed by atoms with E-state index in [-0.39, 0.29) is 37.1 Å². The molecule has 0 fully saturated rings. The summed E-state index contributed by atoms with van der Waals surface area (Å²) in [6.07, 6.45) is 0.169. The van der Waals surface area contributed by atoms with Crippen LogP contribution in [0.3, 0.4) is 0 Å². The molecule has 0 atom stereocenters. The quantitative estimate of drug-likeness (QED) is 0.886. The molecule has 2 aromatic carbocycles. The van der Waals surface area contributed by atoms with Gasteiger partial charge in [-0.2, -0.15) is 0 Å². The van der Waals surface area contributed by atoms with Crippen LogP contribution in [0.15, 0.2) is 48.5 Å². The highest BCUT2D eigenvalue weighted by molar-refractivity contribution is 5.95. The molecule has 0 heterocycles. The number of aryl methyl sites for hydroxylation is 1. The Morgan fingerprint density at radius 1 is 1.08 bits per heavy atom. The molecule has 0 unspecified atom stereocenters. The van der Waals surface area contributed by atoms with Gasteiger partial charge in [-0.25, -0.2) is 4.39 Å². The third kappa shape index (κ3) is 4.65. The fourth-order valence-electron chi connectivity index (χ4n) is 2.37. The largest absolute Gasteiger partial charge is 0.352 e. The molecule has 5 heteroatoms. The fourth-order valence-corrected chi connectivity index (χ4v) is 2.37. The minimum absolute atomic E-state index is 0.150. The lowest BCUT2D eigenvalue weighted by molar-refractivity contribution is -0.130. The molecule has 0 aliphatic carbocycles. The number of rotatable bonds is 6. The van der Waals surface area contributed by atoms with Crippen LogP contribution in [0, 0.1) is 12.7 Å². The summed E-state index contributed by atoms with van der Waals surface area (Å²) >= 11 is 0. The van der Waals surface area contributed by atoms with Gasteiger partial charge in [0.25, 0.3) is 5.91 Å². The van der Waals surface area contributed by atoms with E-state index in [0.717, 1.165) is 5.56 Å². The van der Waals surface area contributed by atoms with Crippen molar-refractivity contribution in [1.82, 2.24) is 10.2 Å². The fraction of sp³-hybridized carbons (Fsp3) is 0.263. The number of benzene rings is 2. The van der Waals surface area contributed by atoms with Gasteiger partial charge in [0.15, 0.2) is 0 Å². The second-order valence-corrected chi connectivity index (χ2v) is 5.66. The van der Waals surface area contributed by atoms with Gasteiger partial charge in [0, 0.05) is 37.7 Å². The van der Waals surface area contributed by atoms with Crippen LogP contribution in [0.25, 0.3) is 0 Å². The Bertz CT molecular complexity index is 731. The van der Waals surface area contributed by atoms with Gasteiger partial charge in [-0.1, -0.05) is 36.4 Å². The van der Waals surface area contributed by atoms with Crippen LogP contribution in [0.2, 0.25) is 0 Å². The van der Waals surface area contributed by atoms with E-state index in [1.165, 1.54) is 11.0 Å². The Morgan fingerprint density at radius 2 is 1.75 bits per heavy atom. The third-order valence-electron chi connectivity index (χ3n) is 3.81. The zero-order valence-corrected chi connectivity index (χ0v) is 13.9. The van der Waals surface area contributed by atoms with E-state index in [2.05, 4.69) is 5.32 Å². The summed E-state index contributed by atoms with van der Waals surface area (Å²) in [6, 6.07) is 13.7. The third-order valence-corrected chi connectivity index (χ3v) is 3.81. The van der Waals surface area contributed by atoms with E-state index < -0.39 is 0 Å². The first-order chi connectivity index (χ1) is 11.5. The van der Waals surface area contributed by atoms with Crippen LogP contribution in [-0.2, 0) is 11.3 Å². The maximum absolute atomic E-state index is 13.6. The maximum atomic E-state index is 13.6. The molecule has 0 bridgehead atoms. The van der Waals surface area contributed by atoms with Gasteiger partial charge < -0.3 is 10.2 Å². The highest BCUT2D eigenvalue weighted by Gasteiger charge is 2.13. The Labute approximate surface area is 141 Å². The lowest BCUT2D eigenvalue weighted by Crippen LogP contribution is -2.32. The van der Waals surface area contributed by atoms with Gasteiger partial charge >= 0.3 is 0 Å². The number of carbonyl (C=O) groups excluding carboxylic acids is 2. The molecule has 0 saturated heterocycles. The van der Waals surface area contributed by atoms with Crippen LogP contribution >= 0.6 is 0 Å². The van der Waals surface area contributed by atoms with Gasteiger partial charge in [0.05, 0.1) is 0 Å². The van der Waals surface area contributed by atoms with Gasteiger partial charge in [-0.3, -0.25) is 9.59 Å². The molecule has 2 amide bonds. The lowest BCUT2D eigenvalue weighted by atomic mass is 10.1. The Kier molecular flexibility index (Phi) is 6.07. The zero-order valence-electron chi connectivity index (χ0n) is 13.9. The van der Waals surface area contributed by atoms with Crippen molar-refractivity contribution in [1.29, 1.82) is 0 Å². The topological polar surface area (TPSA) is 49.4 Å². The van der Waals surface area contributed by atoms with Crippen molar-refractivity contribution in [2.24, 2.45) is 0 Å². The van der Waals surface area contributed by atoms with E-state index in [0.29, 0.717) is 11.1 Å². The molecule has 0 radical (unpaired) electrons. The molecule has 2 aromatic rings. The van der Waals surface area contributed by atoms with Crippen LogP contribution in [-0.4, -0.2) is 30.3 Å². The van der Waals surface area contributed by atoms with E-state index >= 15 is 0 Å². The summed E-state index contributed by atoms with van der Waals surface area (Å²) < 4.78 is 13.6. The van der Waals surface area contributed by atoms with E-state index in [4.69, 9.17) is 0 Å². The molecule has 0 aliphatic rings. The number of carbonyl (C=O) groups is 2. The predicted octanol–water partition coefficient (Wildman–Crippen LogP) is 2.91. The first-order valence-corrected chi connectivity index (χ1v) is 7.80. The van der Waals surface area contributed by atoms with Gasteiger partial charge in [0.2, 0.25) is 5.91 Å². The molecule has 0 aromatic heterocycles. The Morgan fingerprint density at radius 3 is 2.46 bits per heavy atom. The maximum Gasteiger partial charge on any atom is 0.251 e. The second-order valence-electron chi connectivity index (χ2n) is 5.66. The highest BCUT2D eigenvalue weighted by atomic mass is 19.1. The average Bonchev–Trinajstić information content (AvgIpc) is 2.57. The first kappa shape index (κ1) is 17.7. The van der Waals surface area contributed by atoms with Gasteiger partial charge in [-0.05, 0) is 24.6 Å². The summed E-state index contributed by atoms with van der Waals surface area (Å²) in [6.45, 7) is 2.31. The summed E-state index contributed by atoms with van der Waals surface area (Å²) in [5.74, 6) is -0.675. The van der Waals surface area contributed by atoms with Crippen molar-refractivity contribution in [3.8, 4) is 0 Å². The van der Waals surface area contributed by atoms with E-state index in [9.17, 15) is 14.0 Å². The molecule has 126 valence electrons. The molecule has 2 rings (SSSR count). The second kappa shape index (κ2) is 8.24. The molecule has 4 nitrogen and oxygen atoms in total. The molecular weight excluding hydrogens is 307 g/mol. The number of halogens is 1. The van der Waals surface area contributed by atoms with Crippen molar-refractivity contribution in [2.45, 2.75) is 19.9 Å². The van der Waals surface area contributed by atoms with Crippen LogP contribution in [0.5, 0.6) is 0 Å². The molecule has 0 aliphatic heterocycles. The normalized spacial score (nSPS) is 10.3. The number of nitrogens with zero attached hydrogens (tertiary/aromatic N) is 1. The molecular formula is C19H21FN2O2. The standard InChI is InChI=1S/C19H21FN2O2/c1-14-7-3-5-9-16(14)19(24)21-12-11-18(23)22(2)13-15-8-4-6-10-17(15)20/h3-10H,11-13H2,1-2H3,(H,21,24). The van der Waals surface area contributed by atoms with Crippen molar-refractivity contribution in [2.75, 3.05) is 13.6 Å². The summed E-state index contributed by atoms with van der Waals surface area (Å²) in [5, 5.41) is 2.74. The van der Waals surface area contributed by atoms with Gasteiger partial charge in [0.1, 0.15) is 5.82 Å². The number of amides is 2. The van der Waals surface area contributed by atoms with Crippen LogP contribution in [0.4, 0.5) is 4.39 Å². The molecule has 0 saturated carbocycles. The summed E-state index contributed by atoms with van der Waals surface area (Å²) in [4.78, 5) is 25.6. The van der Waals surface area contributed by atoms with Crippen molar-refractivity contribution >= 4 is 11.8 Å². The van der Waals surface area contributed by atoms with Crippen molar-refractivity contribution in [3.05, 3.63) is 71.0 Å². The zero-order chi connectivity index (χ0) is 17.5. The lowest BCUT2D eigenvalue weighted by Gasteiger charge is -2.18. The van der Waals surface area contributed by atoms with Crippen LogP contribution < -0.4 is 5.32 Å². The minimum Gasteiger partial charge on any atom is -0.352 e. The monoisotopic (exact) mass is 328 g/mol. The van der Waals surface area contributed by atoms with E-state index in [1.807, 2.05) is 19.1 Å². The predicted molar refractivity (Wildman–Crippen MR) is 91.0 cm³/mol. The molecule has 24 heavy (non-hydrogen) atoms. The average molecular weight is 328 g/mol. The number of nitrogens with one attached hydrogen (secondary N) is 1. The highest BCUT2D eigenvalue weighted by Crippen LogP contribution is 2.10. The van der Waals surface area contributed by atoms with Gasteiger partial charge in [-0.15, -0.1) is 0 Å². The molecule has 0 spiro atoms. The number of hydrogen-bond acceptors (Lipinski definition) is 2. The van der Waals surface area contributed by atoms with Crippen LogP contribution in [0.1, 0.15) is 27.9 Å². The Balaban J connectivity index is 1.82. The minimum atomic E-state index is -0.329. The molecule has 1 N–H and O–H groups in total. The van der Waals surface area contributed by atoms with Crippen molar-refractivity contribution in [3.63, 3.8) is 0 Å². The van der Waals surface area contributed by atoms with Crippen molar-refractivity contribution < 1.29 is 14.0 Å². The SMILES string of the molecule is Cc1ccccc1C(=O)NCCC(=O)N(C)Cc1ccccc1F. The van der Waals surface area contributed by atoms with E-state index in [1.54, 1.807) is 37.4 Å². The summed E-state index contributed by atoms with van der Waals surface area (Å²) in [7, 11) is 1.62. The smallest absolute Gasteiger partial charge is 0.251 e.